The zero-order chi connectivity index (χ0) is 13.3. The normalized spacial score (nSPS) is 15.8. The molecule has 0 radical (unpaired) electrons. The zero-order valence-electron chi connectivity index (χ0n) is 11.0. The van der Waals surface area contributed by atoms with Gasteiger partial charge in [-0.15, -0.1) is 0 Å². The molecule has 0 saturated carbocycles. The van der Waals surface area contributed by atoms with Gasteiger partial charge in [0.2, 0.25) is 0 Å². The maximum absolute atomic E-state index is 10.1. The van der Waals surface area contributed by atoms with Crippen molar-refractivity contribution in [3.63, 3.8) is 0 Å². The lowest BCUT2D eigenvalue weighted by Gasteiger charge is -2.23. The van der Waals surface area contributed by atoms with Crippen LogP contribution in [0.2, 0.25) is 0 Å². The van der Waals surface area contributed by atoms with E-state index in [9.17, 15) is 5.11 Å². The molecule has 0 aliphatic carbocycles. The zero-order valence-corrected chi connectivity index (χ0v) is 13.2. The van der Waals surface area contributed by atoms with E-state index in [1.165, 1.54) is 0 Å². The van der Waals surface area contributed by atoms with Gasteiger partial charge in [-0.05, 0) is 30.4 Å². The Morgan fingerprint density at radius 1 is 1.35 bits per heavy atom. The van der Waals surface area contributed by atoms with Crippen LogP contribution in [0.1, 0.15) is 20.8 Å². The molecule has 17 heavy (non-hydrogen) atoms. The van der Waals surface area contributed by atoms with Crippen molar-refractivity contribution >= 4 is 22.6 Å². The fraction of sp³-hybridized carbons (Fsp3) is 0.538. The number of rotatable bonds is 6. The first-order chi connectivity index (χ1) is 7.90. The molecule has 1 atom stereocenters. The van der Waals surface area contributed by atoms with Gasteiger partial charge in [-0.2, -0.15) is 0 Å². The van der Waals surface area contributed by atoms with Gasteiger partial charge in [0.1, 0.15) is 0 Å². The van der Waals surface area contributed by atoms with Crippen LogP contribution in [0.3, 0.4) is 0 Å². The standard InChI is InChI=1S/C13H23IN2O/c1-13(2,3)16-10-12(17)11(9-15-4)7-5-6-8-14/h5-9,12,15-17H,10H2,1-4H3/b7-5-,8-6+,11-9+. The summed E-state index contributed by atoms with van der Waals surface area (Å²) in [6.07, 6.45) is 7.04. The molecule has 0 aromatic heterocycles. The van der Waals surface area contributed by atoms with Crippen molar-refractivity contribution in [1.29, 1.82) is 0 Å². The number of β-amino-alcohol motifs (C(OH)–C–C–N with tert-alkyl or cyclic N) is 1. The minimum absolute atomic E-state index is 0.0115. The Morgan fingerprint density at radius 2 is 2.00 bits per heavy atom. The molecule has 0 aliphatic rings. The smallest absolute Gasteiger partial charge is 0.0928 e. The minimum Gasteiger partial charge on any atom is -0.394 e. The molecule has 0 spiro atoms. The van der Waals surface area contributed by atoms with Gasteiger partial charge < -0.3 is 15.7 Å². The fourth-order valence-electron chi connectivity index (χ4n) is 1.15. The topological polar surface area (TPSA) is 44.3 Å². The third-order valence-corrected chi connectivity index (χ3v) is 2.41. The highest BCUT2D eigenvalue weighted by atomic mass is 127. The third kappa shape index (κ3) is 9.38. The SMILES string of the molecule is CN\C=C(/C=C\C=C\I)C(O)CNC(C)(C)C. The number of hydrogen-bond donors (Lipinski definition) is 3. The highest BCUT2D eigenvalue weighted by Crippen LogP contribution is 2.06. The molecular formula is C13H23IN2O. The van der Waals surface area contributed by atoms with Crippen molar-refractivity contribution in [2.45, 2.75) is 32.4 Å². The molecule has 3 nitrogen and oxygen atoms in total. The lowest BCUT2D eigenvalue weighted by atomic mass is 10.1. The first-order valence-electron chi connectivity index (χ1n) is 5.64. The van der Waals surface area contributed by atoms with Crippen LogP contribution in [0.25, 0.3) is 0 Å². The van der Waals surface area contributed by atoms with Gasteiger partial charge in [0.05, 0.1) is 6.10 Å². The summed E-state index contributed by atoms with van der Waals surface area (Å²) >= 11 is 2.16. The van der Waals surface area contributed by atoms with Gasteiger partial charge in [0.25, 0.3) is 0 Å². The molecule has 0 bridgehead atoms. The summed E-state index contributed by atoms with van der Waals surface area (Å²) in [6, 6.07) is 0. The highest BCUT2D eigenvalue weighted by Gasteiger charge is 2.13. The van der Waals surface area contributed by atoms with Crippen LogP contribution in [0.15, 0.2) is 34.1 Å². The van der Waals surface area contributed by atoms with E-state index in [1.54, 1.807) is 0 Å². The van der Waals surface area contributed by atoms with Crippen molar-refractivity contribution in [2.24, 2.45) is 0 Å². The second-order valence-electron chi connectivity index (χ2n) is 4.76. The number of aliphatic hydroxyl groups excluding tert-OH is 1. The Morgan fingerprint density at radius 3 is 2.47 bits per heavy atom. The Hall–Kier alpha value is -0.330. The quantitative estimate of drug-likeness (QED) is 0.509. The summed E-state index contributed by atoms with van der Waals surface area (Å²) in [6.45, 7) is 6.77. The van der Waals surface area contributed by atoms with Gasteiger partial charge >= 0.3 is 0 Å². The van der Waals surface area contributed by atoms with Gasteiger partial charge in [-0.1, -0.05) is 40.8 Å². The summed E-state index contributed by atoms with van der Waals surface area (Å²) < 4.78 is 1.92. The van der Waals surface area contributed by atoms with E-state index in [0.717, 1.165) is 5.57 Å². The maximum Gasteiger partial charge on any atom is 0.0928 e. The Labute approximate surface area is 118 Å². The molecule has 0 saturated heterocycles. The third-order valence-electron chi connectivity index (χ3n) is 1.99. The van der Waals surface area contributed by atoms with Crippen molar-refractivity contribution in [1.82, 2.24) is 10.6 Å². The molecule has 0 rings (SSSR count). The second-order valence-corrected chi connectivity index (χ2v) is 5.48. The summed E-state index contributed by atoms with van der Waals surface area (Å²) in [5.74, 6) is 0. The van der Waals surface area contributed by atoms with Crippen molar-refractivity contribution in [3.8, 4) is 0 Å². The van der Waals surface area contributed by atoms with E-state index < -0.39 is 6.10 Å². The number of halogens is 1. The van der Waals surface area contributed by atoms with Crippen molar-refractivity contribution in [3.05, 3.63) is 34.1 Å². The molecule has 0 fully saturated rings. The minimum atomic E-state index is -0.513. The van der Waals surface area contributed by atoms with Gasteiger partial charge in [-0.3, -0.25) is 0 Å². The van der Waals surface area contributed by atoms with Crippen LogP contribution < -0.4 is 10.6 Å². The van der Waals surface area contributed by atoms with Crippen LogP contribution in [0, 0.1) is 0 Å². The molecule has 4 heteroatoms. The van der Waals surface area contributed by atoms with Crippen LogP contribution in [-0.4, -0.2) is 30.3 Å². The molecule has 0 heterocycles. The van der Waals surface area contributed by atoms with E-state index >= 15 is 0 Å². The highest BCUT2D eigenvalue weighted by molar-refractivity contribution is 14.1. The van der Waals surface area contributed by atoms with Gasteiger partial charge in [0.15, 0.2) is 0 Å². The molecule has 0 amide bonds. The molecule has 0 aliphatic heterocycles. The first-order valence-corrected chi connectivity index (χ1v) is 6.89. The van der Waals surface area contributed by atoms with E-state index in [4.69, 9.17) is 0 Å². The summed E-state index contributed by atoms with van der Waals surface area (Å²) in [5, 5.41) is 16.3. The number of nitrogens with one attached hydrogen (secondary N) is 2. The predicted molar refractivity (Wildman–Crippen MR) is 83.2 cm³/mol. The average Bonchev–Trinajstić information content (AvgIpc) is 2.24. The van der Waals surface area contributed by atoms with Crippen LogP contribution >= 0.6 is 22.6 Å². The Balaban J connectivity index is 4.45. The Bertz CT molecular complexity index is 290. The van der Waals surface area contributed by atoms with E-state index in [2.05, 4.69) is 54.0 Å². The largest absolute Gasteiger partial charge is 0.394 e. The maximum atomic E-state index is 10.1. The lowest BCUT2D eigenvalue weighted by Crippen LogP contribution is -2.41. The molecule has 0 aromatic carbocycles. The molecular weight excluding hydrogens is 327 g/mol. The predicted octanol–water partition coefficient (Wildman–Crippen LogP) is 2.34. The van der Waals surface area contributed by atoms with Crippen LogP contribution in [0.5, 0.6) is 0 Å². The summed E-state index contributed by atoms with van der Waals surface area (Å²) in [7, 11) is 1.83. The van der Waals surface area contributed by atoms with E-state index in [0.29, 0.717) is 6.54 Å². The van der Waals surface area contributed by atoms with Crippen LogP contribution in [0.4, 0.5) is 0 Å². The van der Waals surface area contributed by atoms with Gasteiger partial charge in [-0.25, -0.2) is 0 Å². The summed E-state index contributed by atoms with van der Waals surface area (Å²) in [5.41, 5.74) is 0.871. The molecule has 3 N–H and O–H groups in total. The van der Waals surface area contributed by atoms with Crippen molar-refractivity contribution < 1.29 is 5.11 Å². The number of allylic oxidation sites excluding steroid dienone is 2. The monoisotopic (exact) mass is 350 g/mol. The fourth-order valence-corrected chi connectivity index (χ4v) is 1.39. The Kier molecular flexibility index (Phi) is 8.55. The lowest BCUT2D eigenvalue weighted by molar-refractivity contribution is 0.196. The number of aliphatic hydroxyl groups is 1. The molecule has 98 valence electrons. The second kappa shape index (κ2) is 8.72. The van der Waals surface area contributed by atoms with Crippen molar-refractivity contribution in [2.75, 3.05) is 13.6 Å². The van der Waals surface area contributed by atoms with Crippen LogP contribution in [-0.2, 0) is 0 Å². The van der Waals surface area contributed by atoms with E-state index in [-0.39, 0.29) is 5.54 Å². The number of hydrogen-bond acceptors (Lipinski definition) is 3. The summed E-state index contributed by atoms with van der Waals surface area (Å²) in [4.78, 5) is 0. The van der Waals surface area contributed by atoms with Gasteiger partial charge in [0, 0.05) is 25.3 Å². The molecule has 0 aromatic rings. The average molecular weight is 350 g/mol. The van der Waals surface area contributed by atoms with E-state index in [1.807, 2.05) is 35.6 Å². The first kappa shape index (κ1) is 16.7. The molecule has 1 unspecified atom stereocenters.